The highest BCUT2D eigenvalue weighted by Gasteiger charge is 2.26. The summed E-state index contributed by atoms with van der Waals surface area (Å²) in [7, 11) is 0. The number of amides is 2. The molecule has 21 heavy (non-hydrogen) atoms. The molecule has 1 aliphatic rings. The molecule has 0 aromatic rings. The van der Waals surface area contributed by atoms with E-state index >= 15 is 0 Å². The fourth-order valence-corrected chi connectivity index (χ4v) is 2.53. The lowest BCUT2D eigenvalue weighted by Crippen LogP contribution is -2.42. The van der Waals surface area contributed by atoms with Crippen molar-refractivity contribution < 1.29 is 14.7 Å². The Bertz CT molecular complexity index is 329. The van der Waals surface area contributed by atoms with Gasteiger partial charge in [-0.3, -0.25) is 4.79 Å². The minimum atomic E-state index is -0.740. The summed E-state index contributed by atoms with van der Waals surface area (Å²) in [4.78, 5) is 24.7. The third kappa shape index (κ3) is 7.93. The van der Waals surface area contributed by atoms with Gasteiger partial charge in [0.2, 0.25) is 0 Å². The first kappa shape index (κ1) is 17.8. The van der Waals surface area contributed by atoms with E-state index in [9.17, 15) is 9.59 Å². The van der Waals surface area contributed by atoms with Crippen molar-refractivity contribution in [3.05, 3.63) is 0 Å². The van der Waals surface area contributed by atoms with Crippen LogP contribution in [0.3, 0.4) is 0 Å². The molecule has 0 heterocycles. The van der Waals surface area contributed by atoms with Gasteiger partial charge in [-0.2, -0.15) is 0 Å². The van der Waals surface area contributed by atoms with E-state index in [2.05, 4.69) is 19.2 Å². The Labute approximate surface area is 128 Å². The van der Waals surface area contributed by atoms with Gasteiger partial charge in [-0.05, 0) is 43.9 Å². The summed E-state index contributed by atoms with van der Waals surface area (Å²) in [6.45, 7) is 6.51. The van der Waals surface area contributed by atoms with E-state index in [0.29, 0.717) is 24.8 Å². The summed E-state index contributed by atoms with van der Waals surface area (Å²) in [6.07, 6.45) is 6.22. The Kier molecular flexibility index (Phi) is 8.16. The lowest BCUT2D eigenvalue weighted by molar-refractivity contribution is -0.137. The predicted molar refractivity (Wildman–Crippen MR) is 83.3 cm³/mol. The van der Waals surface area contributed by atoms with Crippen LogP contribution in [0.1, 0.15) is 58.8 Å². The number of urea groups is 1. The van der Waals surface area contributed by atoms with Crippen molar-refractivity contribution in [3.63, 3.8) is 0 Å². The number of nitrogens with zero attached hydrogens (tertiary/aromatic N) is 1. The zero-order valence-electron chi connectivity index (χ0n) is 13.4. The van der Waals surface area contributed by atoms with Crippen molar-refractivity contribution in [2.45, 2.75) is 58.8 Å². The lowest BCUT2D eigenvalue weighted by atomic mass is 9.97. The molecule has 1 unspecified atom stereocenters. The molecule has 122 valence electrons. The summed E-state index contributed by atoms with van der Waals surface area (Å²) in [5.74, 6) is 0.349. The van der Waals surface area contributed by atoms with Crippen LogP contribution in [-0.4, -0.2) is 41.6 Å². The number of carboxylic acids is 1. The minimum Gasteiger partial charge on any atom is -0.481 e. The van der Waals surface area contributed by atoms with Crippen molar-refractivity contribution >= 4 is 12.0 Å². The third-order valence-corrected chi connectivity index (χ3v) is 4.13. The molecule has 1 atom stereocenters. The average molecular weight is 298 g/mol. The Morgan fingerprint density at radius 1 is 1.29 bits per heavy atom. The molecule has 0 spiro atoms. The first-order valence-corrected chi connectivity index (χ1v) is 8.31. The number of aliphatic carboxylic acids is 1. The highest BCUT2D eigenvalue weighted by atomic mass is 16.4. The van der Waals surface area contributed by atoms with E-state index in [4.69, 9.17) is 5.11 Å². The molecule has 0 aromatic carbocycles. The van der Waals surface area contributed by atoms with E-state index in [0.717, 1.165) is 32.4 Å². The molecule has 2 amide bonds. The van der Waals surface area contributed by atoms with Crippen molar-refractivity contribution in [1.82, 2.24) is 10.2 Å². The summed E-state index contributed by atoms with van der Waals surface area (Å²) >= 11 is 0. The van der Waals surface area contributed by atoms with Crippen LogP contribution in [0, 0.1) is 11.8 Å². The molecule has 0 saturated heterocycles. The fourth-order valence-electron chi connectivity index (χ4n) is 2.53. The highest BCUT2D eigenvalue weighted by Crippen LogP contribution is 2.29. The molecule has 1 aliphatic carbocycles. The lowest BCUT2D eigenvalue weighted by Gasteiger charge is -2.23. The molecule has 2 N–H and O–H groups in total. The van der Waals surface area contributed by atoms with Crippen molar-refractivity contribution in [3.8, 4) is 0 Å². The van der Waals surface area contributed by atoms with Gasteiger partial charge in [-0.1, -0.05) is 20.3 Å². The molecule has 1 saturated carbocycles. The van der Waals surface area contributed by atoms with Crippen LogP contribution in [0.5, 0.6) is 0 Å². The molecule has 1 fully saturated rings. The maximum atomic E-state index is 12.2. The SMILES string of the molecule is CCCN(CC1CC1)C(=O)NCCC(CC)CCC(=O)O. The molecule has 0 radical (unpaired) electrons. The van der Waals surface area contributed by atoms with E-state index in [-0.39, 0.29) is 12.5 Å². The second kappa shape index (κ2) is 9.64. The first-order chi connectivity index (χ1) is 10.1. The largest absolute Gasteiger partial charge is 0.481 e. The molecule has 0 bridgehead atoms. The van der Waals surface area contributed by atoms with E-state index in [1.54, 1.807) is 0 Å². The molecule has 0 aromatic heterocycles. The number of carbonyl (C=O) groups is 2. The summed E-state index contributed by atoms with van der Waals surface area (Å²) in [5.41, 5.74) is 0. The topological polar surface area (TPSA) is 69.6 Å². The van der Waals surface area contributed by atoms with Gasteiger partial charge in [-0.25, -0.2) is 4.79 Å². The van der Waals surface area contributed by atoms with Gasteiger partial charge in [-0.15, -0.1) is 0 Å². The zero-order chi connectivity index (χ0) is 15.7. The van der Waals surface area contributed by atoms with Gasteiger partial charge in [0.15, 0.2) is 0 Å². The van der Waals surface area contributed by atoms with Gasteiger partial charge in [0.1, 0.15) is 0 Å². The average Bonchev–Trinajstić information content (AvgIpc) is 3.25. The van der Waals surface area contributed by atoms with E-state index < -0.39 is 5.97 Å². The number of carbonyl (C=O) groups excluding carboxylic acids is 1. The summed E-state index contributed by atoms with van der Waals surface area (Å²) < 4.78 is 0. The number of nitrogens with one attached hydrogen (secondary N) is 1. The van der Waals surface area contributed by atoms with Crippen molar-refractivity contribution in [2.75, 3.05) is 19.6 Å². The predicted octanol–water partition coefficient (Wildman–Crippen LogP) is 3.10. The molecule has 0 aliphatic heterocycles. The standard InChI is InChI=1S/C16H30N2O3/c1-3-11-18(12-14-5-6-14)16(21)17-10-9-13(4-2)7-8-15(19)20/h13-14H,3-12H2,1-2H3,(H,17,21)(H,19,20). The Hall–Kier alpha value is -1.26. The second-order valence-corrected chi connectivity index (χ2v) is 6.12. The van der Waals surface area contributed by atoms with Crippen molar-refractivity contribution in [1.29, 1.82) is 0 Å². The van der Waals surface area contributed by atoms with Crippen LogP contribution in [0.4, 0.5) is 4.79 Å². The summed E-state index contributed by atoms with van der Waals surface area (Å²) in [5, 5.41) is 11.7. The number of hydrogen-bond donors (Lipinski definition) is 2. The monoisotopic (exact) mass is 298 g/mol. The van der Waals surface area contributed by atoms with Crippen LogP contribution in [0.2, 0.25) is 0 Å². The Morgan fingerprint density at radius 3 is 2.52 bits per heavy atom. The van der Waals surface area contributed by atoms with E-state index in [1.807, 2.05) is 4.90 Å². The molecule has 5 heteroatoms. The fraction of sp³-hybridized carbons (Fsp3) is 0.875. The number of hydrogen-bond acceptors (Lipinski definition) is 2. The Morgan fingerprint density at radius 2 is 2.00 bits per heavy atom. The highest BCUT2D eigenvalue weighted by molar-refractivity contribution is 5.74. The summed E-state index contributed by atoms with van der Waals surface area (Å²) in [6, 6.07) is 0.0387. The van der Waals surface area contributed by atoms with Gasteiger partial charge < -0.3 is 15.3 Å². The van der Waals surface area contributed by atoms with Gasteiger partial charge in [0, 0.05) is 26.1 Å². The number of carboxylic acid groups (broad SMARTS) is 1. The maximum absolute atomic E-state index is 12.2. The molecule has 5 nitrogen and oxygen atoms in total. The van der Waals surface area contributed by atoms with Gasteiger partial charge >= 0.3 is 12.0 Å². The maximum Gasteiger partial charge on any atom is 0.317 e. The first-order valence-electron chi connectivity index (χ1n) is 8.31. The van der Waals surface area contributed by atoms with Crippen LogP contribution in [0.15, 0.2) is 0 Å². The second-order valence-electron chi connectivity index (χ2n) is 6.12. The van der Waals surface area contributed by atoms with Gasteiger partial charge in [0.25, 0.3) is 0 Å². The number of rotatable bonds is 11. The van der Waals surface area contributed by atoms with Crippen LogP contribution in [0.25, 0.3) is 0 Å². The smallest absolute Gasteiger partial charge is 0.317 e. The minimum absolute atomic E-state index is 0.0387. The quantitative estimate of drug-likeness (QED) is 0.616. The Balaban J connectivity index is 2.23. The normalized spacial score (nSPS) is 15.5. The molecule has 1 rings (SSSR count). The van der Waals surface area contributed by atoms with Crippen LogP contribution in [-0.2, 0) is 4.79 Å². The van der Waals surface area contributed by atoms with Crippen molar-refractivity contribution in [2.24, 2.45) is 11.8 Å². The van der Waals surface area contributed by atoms with Gasteiger partial charge in [0.05, 0.1) is 0 Å². The molecular formula is C16H30N2O3. The zero-order valence-corrected chi connectivity index (χ0v) is 13.4. The third-order valence-electron chi connectivity index (χ3n) is 4.13. The van der Waals surface area contributed by atoms with Crippen LogP contribution < -0.4 is 5.32 Å². The van der Waals surface area contributed by atoms with Crippen LogP contribution >= 0.6 is 0 Å². The molecular weight excluding hydrogens is 268 g/mol. The van der Waals surface area contributed by atoms with E-state index in [1.165, 1.54) is 12.8 Å².